The maximum atomic E-state index is 12.4. The van der Waals surface area contributed by atoms with Gasteiger partial charge in [0.1, 0.15) is 5.75 Å². The zero-order valence-corrected chi connectivity index (χ0v) is 13.7. The molecule has 0 radical (unpaired) electrons. The molecule has 0 spiro atoms. The van der Waals surface area contributed by atoms with E-state index in [1.54, 1.807) is 0 Å². The molecule has 19 heavy (non-hydrogen) atoms. The summed E-state index contributed by atoms with van der Waals surface area (Å²) in [5, 5.41) is 0. The van der Waals surface area contributed by atoms with Crippen LogP contribution in [0.15, 0.2) is 24.3 Å². The number of benzene rings is 1. The molecule has 4 heteroatoms. The molecule has 0 fully saturated rings. The van der Waals surface area contributed by atoms with Crippen LogP contribution in [0.3, 0.4) is 0 Å². The molecule has 0 amide bonds. The Morgan fingerprint density at radius 3 is 2.32 bits per heavy atom. The van der Waals surface area contributed by atoms with E-state index in [9.17, 15) is 4.57 Å². The van der Waals surface area contributed by atoms with E-state index in [1.807, 2.05) is 45.0 Å². The van der Waals surface area contributed by atoms with Gasteiger partial charge in [0.2, 0.25) is 0 Å². The van der Waals surface area contributed by atoms with Crippen LogP contribution < -0.4 is 4.52 Å². The third-order valence-electron chi connectivity index (χ3n) is 2.30. The monoisotopic (exact) mass is 284 g/mol. The predicted octanol–water partition coefficient (Wildman–Crippen LogP) is 4.90. The Morgan fingerprint density at radius 2 is 1.79 bits per heavy atom. The molecule has 0 aliphatic rings. The second kappa shape index (κ2) is 6.11. The average molecular weight is 284 g/mol. The van der Waals surface area contributed by atoms with Crippen LogP contribution in [-0.2, 0) is 15.5 Å². The van der Waals surface area contributed by atoms with E-state index in [4.69, 9.17) is 9.05 Å². The highest BCUT2D eigenvalue weighted by Gasteiger charge is 2.27. The van der Waals surface area contributed by atoms with Crippen LogP contribution in [0.1, 0.15) is 40.2 Å². The molecule has 0 bridgehead atoms. The number of hydrogen-bond acceptors (Lipinski definition) is 3. The minimum absolute atomic E-state index is 0.489. The summed E-state index contributed by atoms with van der Waals surface area (Å²) in [6, 6.07) is 7.71. The van der Waals surface area contributed by atoms with Gasteiger partial charge in [-0.05, 0) is 44.7 Å². The van der Waals surface area contributed by atoms with Gasteiger partial charge in [-0.1, -0.05) is 32.0 Å². The third kappa shape index (κ3) is 6.26. The van der Waals surface area contributed by atoms with E-state index >= 15 is 0 Å². The van der Waals surface area contributed by atoms with E-state index in [0.29, 0.717) is 11.7 Å². The third-order valence-corrected chi connectivity index (χ3v) is 3.71. The van der Waals surface area contributed by atoms with Crippen LogP contribution in [0.25, 0.3) is 0 Å². The first-order valence-electron chi connectivity index (χ1n) is 6.65. The van der Waals surface area contributed by atoms with Crippen molar-refractivity contribution in [1.82, 2.24) is 0 Å². The van der Waals surface area contributed by atoms with Gasteiger partial charge in [-0.15, -0.1) is 0 Å². The molecule has 1 rings (SSSR count). The quantitative estimate of drug-likeness (QED) is 0.721. The number of para-hydroxylation sites is 1. The lowest BCUT2D eigenvalue weighted by Gasteiger charge is -2.25. The van der Waals surface area contributed by atoms with Crippen LogP contribution in [-0.4, -0.2) is 12.3 Å². The fourth-order valence-electron chi connectivity index (χ4n) is 1.90. The summed E-state index contributed by atoms with van der Waals surface area (Å²) in [5.41, 5.74) is 0.578. The molecular formula is C15H25O3P. The summed E-state index contributed by atoms with van der Waals surface area (Å²) in [6.07, 6.45) is 0.895. The van der Waals surface area contributed by atoms with Gasteiger partial charge in [0, 0.05) is 6.66 Å². The van der Waals surface area contributed by atoms with Crippen molar-refractivity contribution in [2.75, 3.05) is 6.66 Å². The zero-order valence-electron chi connectivity index (χ0n) is 12.8. The van der Waals surface area contributed by atoms with Crippen molar-refractivity contribution in [3.63, 3.8) is 0 Å². The van der Waals surface area contributed by atoms with Crippen molar-refractivity contribution in [1.29, 1.82) is 0 Å². The molecule has 3 nitrogen and oxygen atoms in total. The molecule has 0 heterocycles. The number of rotatable bonds is 5. The van der Waals surface area contributed by atoms with Gasteiger partial charge >= 0.3 is 7.60 Å². The normalized spacial score (nSPS) is 15.3. The lowest BCUT2D eigenvalue weighted by atomic mass is 10.0. The lowest BCUT2D eigenvalue weighted by Crippen LogP contribution is -2.18. The van der Waals surface area contributed by atoms with Crippen molar-refractivity contribution in [3.05, 3.63) is 29.8 Å². The Morgan fingerprint density at radius 1 is 1.21 bits per heavy atom. The highest BCUT2D eigenvalue weighted by atomic mass is 31.2. The van der Waals surface area contributed by atoms with Gasteiger partial charge in [0.25, 0.3) is 0 Å². The summed E-state index contributed by atoms with van der Waals surface area (Å²) < 4.78 is 23.6. The van der Waals surface area contributed by atoms with Gasteiger partial charge in [-0.25, -0.2) is 4.57 Å². The fourth-order valence-corrected chi connectivity index (χ4v) is 3.46. The van der Waals surface area contributed by atoms with Gasteiger partial charge < -0.3 is 4.52 Å². The lowest BCUT2D eigenvalue weighted by molar-refractivity contribution is 0.116. The Kier molecular flexibility index (Phi) is 5.23. The summed E-state index contributed by atoms with van der Waals surface area (Å²) in [6.45, 7) is 11.4. The second-order valence-electron chi connectivity index (χ2n) is 6.27. The summed E-state index contributed by atoms with van der Waals surface area (Å²) in [4.78, 5) is 0. The van der Waals surface area contributed by atoms with Crippen molar-refractivity contribution < 1.29 is 13.6 Å². The summed E-state index contributed by atoms with van der Waals surface area (Å²) >= 11 is 0. The molecule has 1 aromatic carbocycles. The fraction of sp³-hybridized carbons (Fsp3) is 0.600. The Labute approximate surface area is 116 Å². The molecular weight excluding hydrogens is 259 g/mol. The van der Waals surface area contributed by atoms with Crippen molar-refractivity contribution in [2.45, 2.75) is 46.6 Å². The van der Waals surface area contributed by atoms with Gasteiger partial charge in [0.15, 0.2) is 0 Å². The first kappa shape index (κ1) is 16.3. The van der Waals surface area contributed by atoms with Gasteiger partial charge in [0.05, 0.1) is 5.60 Å². The van der Waals surface area contributed by atoms with Gasteiger partial charge in [-0.3, -0.25) is 4.52 Å². The highest BCUT2D eigenvalue weighted by Crippen LogP contribution is 2.48. The van der Waals surface area contributed by atoms with Crippen LogP contribution in [0.4, 0.5) is 0 Å². The first-order chi connectivity index (χ1) is 8.59. The standard InChI is InChI=1S/C15H25O3P/c1-12(2)11-13-9-7-8-10-14(13)17-19(6,16)18-15(3,4)5/h7-10,12H,11H2,1-6H3. The Hall–Kier alpha value is -0.790. The molecule has 0 aliphatic heterocycles. The largest absolute Gasteiger partial charge is 0.424 e. The maximum Gasteiger partial charge on any atom is 0.376 e. The van der Waals surface area contributed by atoms with Crippen molar-refractivity contribution in [2.24, 2.45) is 5.92 Å². The molecule has 1 atom stereocenters. The van der Waals surface area contributed by atoms with E-state index in [-0.39, 0.29) is 0 Å². The maximum absolute atomic E-state index is 12.4. The molecule has 108 valence electrons. The van der Waals surface area contributed by atoms with Crippen molar-refractivity contribution in [3.8, 4) is 5.75 Å². The summed E-state index contributed by atoms with van der Waals surface area (Å²) in [5.74, 6) is 1.18. The van der Waals surface area contributed by atoms with E-state index in [2.05, 4.69) is 13.8 Å². The van der Waals surface area contributed by atoms with Crippen molar-refractivity contribution >= 4 is 7.60 Å². The van der Waals surface area contributed by atoms with E-state index in [1.165, 1.54) is 6.66 Å². The highest BCUT2D eigenvalue weighted by molar-refractivity contribution is 7.53. The summed E-state index contributed by atoms with van der Waals surface area (Å²) in [7, 11) is -3.11. The molecule has 0 N–H and O–H groups in total. The average Bonchev–Trinajstić information content (AvgIpc) is 2.15. The van der Waals surface area contributed by atoms with E-state index < -0.39 is 13.2 Å². The smallest absolute Gasteiger partial charge is 0.376 e. The molecule has 1 unspecified atom stereocenters. The molecule has 0 saturated carbocycles. The molecule has 0 aromatic heterocycles. The van der Waals surface area contributed by atoms with Gasteiger partial charge in [-0.2, -0.15) is 0 Å². The Balaban J connectivity index is 2.90. The topological polar surface area (TPSA) is 35.5 Å². The second-order valence-corrected chi connectivity index (χ2v) is 8.18. The number of hydrogen-bond donors (Lipinski definition) is 0. The Bertz CT molecular complexity index is 461. The van der Waals surface area contributed by atoms with Crippen LogP contribution in [0.5, 0.6) is 5.75 Å². The molecule has 0 saturated heterocycles. The SMILES string of the molecule is CC(C)Cc1ccccc1OP(C)(=O)OC(C)(C)C. The van der Waals surface area contributed by atoms with Crippen LogP contribution in [0.2, 0.25) is 0 Å². The minimum atomic E-state index is -3.11. The zero-order chi connectivity index (χ0) is 14.7. The van der Waals surface area contributed by atoms with Crippen LogP contribution in [0, 0.1) is 5.92 Å². The van der Waals surface area contributed by atoms with E-state index in [0.717, 1.165) is 12.0 Å². The molecule has 1 aromatic rings. The first-order valence-corrected chi connectivity index (χ1v) is 8.64. The van der Waals surface area contributed by atoms with Crippen LogP contribution >= 0.6 is 7.60 Å². The minimum Gasteiger partial charge on any atom is -0.424 e. The molecule has 0 aliphatic carbocycles. The predicted molar refractivity (Wildman–Crippen MR) is 80.0 cm³/mol.